The van der Waals surface area contributed by atoms with Crippen LogP contribution in [0, 0.1) is 11.7 Å². The predicted molar refractivity (Wildman–Crippen MR) is 79.3 cm³/mol. The Balaban J connectivity index is 2.36. The highest BCUT2D eigenvalue weighted by atomic mass is 19.2. The van der Waals surface area contributed by atoms with E-state index in [2.05, 4.69) is 4.98 Å². The number of nitrogen functional groups attached to an aromatic ring is 1. The monoisotopic (exact) mass is 363 g/mol. The molecule has 25 heavy (non-hydrogen) atoms. The minimum Gasteiger partial charge on any atom is -0.459 e. The smallest absolute Gasteiger partial charge is 0.352 e. The van der Waals surface area contributed by atoms with Gasteiger partial charge in [-0.05, 0) is 6.92 Å². The van der Waals surface area contributed by atoms with Crippen LogP contribution in [-0.2, 0) is 20.0 Å². The molecule has 9 nitrogen and oxygen atoms in total. The lowest BCUT2D eigenvalue weighted by molar-refractivity contribution is -0.245. The lowest BCUT2D eigenvalue weighted by atomic mass is 10.0. The summed E-state index contributed by atoms with van der Waals surface area (Å²) in [5.41, 5.74) is 1.83. The number of ether oxygens (including phenoxy) is 2. The summed E-state index contributed by atoms with van der Waals surface area (Å²) >= 11 is 0. The average molecular weight is 363 g/mol. The van der Waals surface area contributed by atoms with Crippen LogP contribution in [0.25, 0.3) is 0 Å². The molecule has 140 valence electrons. The lowest BCUT2D eigenvalue weighted by Crippen LogP contribution is -2.48. The SMILES string of the molecule is CC(C)C(=O)OC[C@@]1(F)O[C@@](C)(n2cc(F)c(N)nc2=O)[C@H](O)[C@@H]1O. The van der Waals surface area contributed by atoms with Crippen molar-refractivity contribution >= 4 is 11.8 Å². The Morgan fingerprint density at radius 1 is 1.52 bits per heavy atom. The minimum absolute atomic E-state index is 0.470. The molecule has 1 aromatic heterocycles. The largest absolute Gasteiger partial charge is 0.459 e. The molecular weight excluding hydrogens is 344 g/mol. The molecule has 0 aromatic carbocycles. The van der Waals surface area contributed by atoms with Crippen LogP contribution in [0.4, 0.5) is 14.6 Å². The van der Waals surface area contributed by atoms with Crippen LogP contribution in [0.1, 0.15) is 20.8 Å². The lowest BCUT2D eigenvalue weighted by Gasteiger charge is -2.30. The molecule has 1 aliphatic heterocycles. The maximum absolute atomic E-state index is 14.9. The van der Waals surface area contributed by atoms with Crippen LogP contribution in [0.15, 0.2) is 11.0 Å². The van der Waals surface area contributed by atoms with Gasteiger partial charge in [-0.2, -0.15) is 4.98 Å². The highest BCUT2D eigenvalue weighted by molar-refractivity contribution is 5.71. The third-order valence-electron chi connectivity index (χ3n) is 3.94. The molecular formula is C14H19F2N3O6. The Morgan fingerprint density at radius 3 is 2.68 bits per heavy atom. The van der Waals surface area contributed by atoms with Gasteiger partial charge in [-0.25, -0.2) is 13.6 Å². The summed E-state index contributed by atoms with van der Waals surface area (Å²) in [7, 11) is 0. The van der Waals surface area contributed by atoms with Crippen molar-refractivity contribution in [3.63, 3.8) is 0 Å². The molecule has 4 atom stereocenters. The van der Waals surface area contributed by atoms with E-state index in [-0.39, 0.29) is 0 Å². The van der Waals surface area contributed by atoms with E-state index >= 15 is 0 Å². The Morgan fingerprint density at radius 2 is 2.12 bits per heavy atom. The van der Waals surface area contributed by atoms with E-state index in [0.29, 0.717) is 10.8 Å². The van der Waals surface area contributed by atoms with Crippen molar-refractivity contribution in [3.8, 4) is 0 Å². The Hall–Kier alpha value is -2.11. The first-order chi connectivity index (χ1) is 11.4. The number of anilines is 1. The van der Waals surface area contributed by atoms with Crippen molar-refractivity contribution in [1.29, 1.82) is 0 Å². The van der Waals surface area contributed by atoms with Crippen molar-refractivity contribution in [3.05, 3.63) is 22.5 Å². The van der Waals surface area contributed by atoms with Crippen LogP contribution in [0.5, 0.6) is 0 Å². The summed E-state index contributed by atoms with van der Waals surface area (Å²) in [6.45, 7) is 3.05. The normalized spacial score (nSPS) is 32.2. The van der Waals surface area contributed by atoms with E-state index in [1.54, 1.807) is 0 Å². The third kappa shape index (κ3) is 3.22. The van der Waals surface area contributed by atoms with Gasteiger partial charge in [0, 0.05) is 0 Å². The summed E-state index contributed by atoms with van der Waals surface area (Å²) in [4.78, 5) is 26.6. The van der Waals surface area contributed by atoms with E-state index in [9.17, 15) is 28.6 Å². The van der Waals surface area contributed by atoms with Gasteiger partial charge in [-0.15, -0.1) is 0 Å². The predicted octanol–water partition coefficient (Wildman–Crippen LogP) is -0.746. The summed E-state index contributed by atoms with van der Waals surface area (Å²) in [5, 5.41) is 20.2. The van der Waals surface area contributed by atoms with E-state index in [1.807, 2.05) is 0 Å². The first-order valence-electron chi connectivity index (χ1n) is 7.39. The maximum atomic E-state index is 14.9. The van der Waals surface area contributed by atoms with Gasteiger partial charge in [0.15, 0.2) is 24.0 Å². The summed E-state index contributed by atoms with van der Waals surface area (Å²) in [6, 6.07) is 0. The Kier molecular flexibility index (Phi) is 4.86. The van der Waals surface area contributed by atoms with Gasteiger partial charge in [0.2, 0.25) is 0 Å². The number of nitrogens with two attached hydrogens (primary N) is 1. The van der Waals surface area contributed by atoms with E-state index in [1.165, 1.54) is 13.8 Å². The summed E-state index contributed by atoms with van der Waals surface area (Å²) in [6.07, 6.45) is -3.59. The molecule has 0 aliphatic carbocycles. The number of alkyl halides is 1. The number of hydrogen-bond donors (Lipinski definition) is 3. The molecule has 0 radical (unpaired) electrons. The number of carbonyl (C=O) groups excluding carboxylic acids is 1. The standard InChI is InChI=1S/C14H19F2N3O6/c1-6(2)11(22)24-5-14(16)9(21)8(20)13(3,25-14)19-4-7(15)10(17)18-12(19)23/h4,6,8-9,20-21H,5H2,1-3H3,(H2,17,18,23)/t8-,9+,13-,14-/m1/s1. The van der Waals surface area contributed by atoms with Crippen LogP contribution < -0.4 is 11.4 Å². The third-order valence-corrected chi connectivity index (χ3v) is 3.94. The zero-order valence-corrected chi connectivity index (χ0v) is 13.8. The number of aliphatic hydroxyl groups excluding tert-OH is 2. The first kappa shape index (κ1) is 19.2. The van der Waals surface area contributed by atoms with Crippen molar-refractivity contribution in [1.82, 2.24) is 9.55 Å². The van der Waals surface area contributed by atoms with E-state index in [4.69, 9.17) is 15.2 Å². The highest BCUT2D eigenvalue weighted by Crippen LogP contribution is 2.42. The molecule has 1 saturated heterocycles. The molecule has 0 saturated carbocycles. The van der Waals surface area contributed by atoms with Crippen LogP contribution in [0.3, 0.4) is 0 Å². The molecule has 0 unspecified atom stereocenters. The van der Waals surface area contributed by atoms with E-state index in [0.717, 1.165) is 6.92 Å². The fraction of sp³-hybridized carbons (Fsp3) is 0.643. The van der Waals surface area contributed by atoms with E-state index < -0.39 is 59.6 Å². The zero-order chi connectivity index (χ0) is 19.2. The fourth-order valence-corrected chi connectivity index (χ4v) is 2.40. The van der Waals surface area contributed by atoms with Crippen molar-refractivity contribution in [2.75, 3.05) is 12.3 Å². The number of aliphatic hydroxyl groups is 2. The van der Waals surface area contributed by atoms with Crippen molar-refractivity contribution < 1.29 is 33.3 Å². The number of carbonyl (C=O) groups is 1. The van der Waals surface area contributed by atoms with Gasteiger partial charge in [-0.1, -0.05) is 13.8 Å². The topological polar surface area (TPSA) is 137 Å². The second kappa shape index (κ2) is 6.32. The minimum atomic E-state index is -3.02. The van der Waals surface area contributed by atoms with Gasteiger partial charge >= 0.3 is 11.7 Å². The molecule has 11 heteroatoms. The number of halogens is 2. The summed E-state index contributed by atoms with van der Waals surface area (Å²) < 4.78 is 38.7. The zero-order valence-electron chi connectivity index (χ0n) is 13.8. The van der Waals surface area contributed by atoms with Crippen molar-refractivity contribution in [2.45, 2.75) is 44.6 Å². The maximum Gasteiger partial charge on any atom is 0.352 e. The molecule has 1 aromatic rings. The summed E-state index contributed by atoms with van der Waals surface area (Å²) in [5.74, 6) is -6.12. The van der Waals surface area contributed by atoms with Crippen LogP contribution >= 0.6 is 0 Å². The average Bonchev–Trinajstić information content (AvgIpc) is 2.70. The number of nitrogens with zero attached hydrogens (tertiary/aromatic N) is 2. The molecule has 4 N–H and O–H groups in total. The number of rotatable bonds is 4. The molecule has 2 rings (SSSR count). The second-order valence-corrected chi connectivity index (χ2v) is 6.22. The Bertz CT molecular complexity index is 742. The molecule has 2 heterocycles. The van der Waals surface area contributed by atoms with Gasteiger partial charge < -0.3 is 25.4 Å². The number of aromatic nitrogens is 2. The van der Waals surface area contributed by atoms with Gasteiger partial charge in [-0.3, -0.25) is 9.36 Å². The number of esters is 1. The molecule has 0 spiro atoms. The van der Waals surface area contributed by atoms with Gasteiger partial charge in [0.05, 0.1) is 12.1 Å². The van der Waals surface area contributed by atoms with Gasteiger partial charge in [0.1, 0.15) is 12.2 Å². The van der Waals surface area contributed by atoms with Crippen molar-refractivity contribution in [2.24, 2.45) is 5.92 Å². The molecule has 0 bridgehead atoms. The molecule has 1 aliphatic rings. The van der Waals surface area contributed by atoms with Crippen LogP contribution in [-0.4, -0.2) is 50.4 Å². The molecule has 0 amide bonds. The second-order valence-electron chi connectivity index (χ2n) is 6.22. The quantitative estimate of drug-likeness (QED) is 0.595. The molecule has 1 fully saturated rings. The first-order valence-corrected chi connectivity index (χ1v) is 7.39. The Labute approximate surface area is 141 Å². The highest BCUT2D eigenvalue weighted by Gasteiger charge is 2.63. The van der Waals surface area contributed by atoms with Gasteiger partial charge in [0.25, 0.3) is 5.85 Å². The fourth-order valence-electron chi connectivity index (χ4n) is 2.40. The van der Waals surface area contributed by atoms with Crippen LogP contribution in [0.2, 0.25) is 0 Å². The number of hydrogen-bond acceptors (Lipinski definition) is 8.